The van der Waals surface area contributed by atoms with Gasteiger partial charge in [0.05, 0.1) is 16.7 Å². The van der Waals surface area contributed by atoms with E-state index in [1.165, 1.54) is 28.8 Å². The van der Waals surface area contributed by atoms with Crippen molar-refractivity contribution in [3.63, 3.8) is 0 Å². The highest BCUT2D eigenvalue weighted by Crippen LogP contribution is 2.24. The van der Waals surface area contributed by atoms with Crippen LogP contribution in [0.3, 0.4) is 0 Å². The highest BCUT2D eigenvalue weighted by atomic mass is 35.5. The normalized spacial score (nSPS) is 11.2. The van der Waals surface area contributed by atoms with Crippen molar-refractivity contribution in [2.24, 2.45) is 0 Å². The number of hydrogen-bond acceptors (Lipinski definition) is 4. The minimum Gasteiger partial charge on any atom is -0.341 e. The summed E-state index contributed by atoms with van der Waals surface area (Å²) in [6.45, 7) is 2.36. The molecule has 0 radical (unpaired) electrons. The van der Waals surface area contributed by atoms with Gasteiger partial charge in [-0.25, -0.2) is 9.37 Å². The van der Waals surface area contributed by atoms with Crippen molar-refractivity contribution < 1.29 is 9.18 Å². The number of fused-ring (bicyclic) bond motifs is 2. The molecule has 0 bridgehead atoms. The Morgan fingerprint density at radius 2 is 1.88 bits per heavy atom. The van der Waals surface area contributed by atoms with Crippen LogP contribution in [-0.2, 0) is 17.9 Å². The van der Waals surface area contributed by atoms with Crippen molar-refractivity contribution in [2.75, 3.05) is 12.8 Å². The zero-order chi connectivity index (χ0) is 22.8. The van der Waals surface area contributed by atoms with Crippen LogP contribution in [-0.4, -0.2) is 33.2 Å². The van der Waals surface area contributed by atoms with Gasteiger partial charge in [-0.1, -0.05) is 53.7 Å². The average molecular weight is 470 g/mol. The lowest BCUT2D eigenvalue weighted by Crippen LogP contribution is -2.29. The highest BCUT2D eigenvalue weighted by Gasteiger charge is 2.17. The molecule has 3 aromatic carbocycles. The Hall–Kier alpha value is -2.90. The van der Waals surface area contributed by atoms with Gasteiger partial charge in [0.15, 0.2) is 5.16 Å². The third-order valence-corrected chi connectivity index (χ3v) is 6.63. The molecule has 1 amide bonds. The predicted octanol–water partition coefficient (Wildman–Crippen LogP) is 5.11. The number of amides is 1. The molecule has 0 spiro atoms. The maximum absolute atomic E-state index is 14.1. The van der Waals surface area contributed by atoms with E-state index in [2.05, 4.69) is 4.98 Å². The van der Waals surface area contributed by atoms with Crippen LogP contribution in [0, 0.1) is 5.82 Å². The summed E-state index contributed by atoms with van der Waals surface area (Å²) in [5.74, 6) is -0.605. The van der Waals surface area contributed by atoms with Gasteiger partial charge in [-0.15, -0.1) is 0 Å². The number of carbonyl (C=O) groups is 1. The first-order valence-electron chi connectivity index (χ1n) is 10.1. The van der Waals surface area contributed by atoms with Crippen LogP contribution in [0.15, 0.2) is 64.5 Å². The first kappa shape index (κ1) is 22.3. The Balaban J connectivity index is 1.58. The van der Waals surface area contributed by atoms with Crippen LogP contribution in [0.1, 0.15) is 12.5 Å². The Morgan fingerprint density at radius 3 is 2.56 bits per heavy atom. The van der Waals surface area contributed by atoms with Gasteiger partial charge in [0.1, 0.15) is 5.82 Å². The summed E-state index contributed by atoms with van der Waals surface area (Å²) in [5.41, 5.74) is 0.737. The molecular weight excluding hydrogens is 449 g/mol. The van der Waals surface area contributed by atoms with E-state index in [1.807, 2.05) is 43.3 Å². The minimum atomic E-state index is -0.451. The van der Waals surface area contributed by atoms with Crippen LogP contribution in [0.2, 0.25) is 5.02 Å². The molecule has 4 aromatic rings. The average Bonchev–Trinajstić information content (AvgIpc) is 2.79. The minimum absolute atomic E-state index is 0.0582. The fraction of sp³-hybridized carbons (Fsp3) is 0.208. The first-order chi connectivity index (χ1) is 15.4. The van der Waals surface area contributed by atoms with Crippen molar-refractivity contribution in [1.29, 1.82) is 0 Å². The topological polar surface area (TPSA) is 55.2 Å². The number of benzene rings is 3. The SMILES string of the molecule is CCn1c(SCC(=O)N(C)Cc2c(F)cccc2Cl)nc2cc3ccccc3cc2c1=O. The Bertz CT molecular complexity index is 1370. The summed E-state index contributed by atoms with van der Waals surface area (Å²) < 4.78 is 15.6. The lowest BCUT2D eigenvalue weighted by Gasteiger charge is -2.19. The summed E-state index contributed by atoms with van der Waals surface area (Å²) in [6.07, 6.45) is 0. The van der Waals surface area contributed by atoms with E-state index < -0.39 is 5.82 Å². The second-order valence-electron chi connectivity index (χ2n) is 7.40. The summed E-state index contributed by atoms with van der Waals surface area (Å²) >= 11 is 7.27. The molecule has 0 saturated heterocycles. The molecule has 32 heavy (non-hydrogen) atoms. The van der Waals surface area contributed by atoms with Gasteiger partial charge in [-0.2, -0.15) is 0 Å². The van der Waals surface area contributed by atoms with Gasteiger partial charge < -0.3 is 4.90 Å². The summed E-state index contributed by atoms with van der Waals surface area (Å²) in [5, 5.41) is 3.28. The molecule has 1 aromatic heterocycles. The van der Waals surface area contributed by atoms with E-state index in [9.17, 15) is 14.0 Å². The molecule has 0 fully saturated rings. The van der Waals surface area contributed by atoms with Crippen LogP contribution >= 0.6 is 23.4 Å². The molecule has 0 aliphatic rings. The number of carbonyl (C=O) groups excluding carboxylic acids is 1. The molecule has 0 saturated carbocycles. The van der Waals surface area contributed by atoms with Gasteiger partial charge in [-0.3, -0.25) is 14.2 Å². The monoisotopic (exact) mass is 469 g/mol. The summed E-state index contributed by atoms with van der Waals surface area (Å²) in [6, 6.07) is 16.0. The van der Waals surface area contributed by atoms with Gasteiger partial charge in [0.25, 0.3) is 5.56 Å². The van der Waals surface area contributed by atoms with Crippen molar-refractivity contribution in [3.05, 3.63) is 81.4 Å². The van der Waals surface area contributed by atoms with E-state index in [0.717, 1.165) is 10.8 Å². The molecule has 5 nitrogen and oxygen atoms in total. The third kappa shape index (κ3) is 4.36. The quantitative estimate of drug-likeness (QED) is 0.223. The summed E-state index contributed by atoms with van der Waals surface area (Å²) in [7, 11) is 1.60. The second kappa shape index (κ2) is 9.30. The molecule has 0 N–H and O–H groups in total. The van der Waals surface area contributed by atoms with Crippen LogP contribution in [0.4, 0.5) is 4.39 Å². The summed E-state index contributed by atoms with van der Waals surface area (Å²) in [4.78, 5) is 31.9. The number of nitrogens with zero attached hydrogens (tertiary/aromatic N) is 3. The fourth-order valence-corrected chi connectivity index (χ4v) is 4.75. The fourth-order valence-electron chi connectivity index (χ4n) is 3.52. The number of aromatic nitrogens is 2. The van der Waals surface area contributed by atoms with Gasteiger partial charge in [0.2, 0.25) is 5.91 Å². The van der Waals surface area contributed by atoms with Gasteiger partial charge in [-0.05, 0) is 42.0 Å². The number of thioether (sulfide) groups is 1. The zero-order valence-corrected chi connectivity index (χ0v) is 19.2. The lowest BCUT2D eigenvalue weighted by molar-refractivity contribution is -0.127. The Labute approximate surface area is 193 Å². The Morgan fingerprint density at radius 1 is 1.16 bits per heavy atom. The molecule has 0 atom stereocenters. The van der Waals surface area contributed by atoms with Crippen molar-refractivity contribution in [1.82, 2.24) is 14.5 Å². The van der Waals surface area contributed by atoms with Crippen LogP contribution in [0.25, 0.3) is 21.7 Å². The number of rotatable bonds is 6. The van der Waals surface area contributed by atoms with E-state index in [0.29, 0.717) is 22.6 Å². The molecule has 0 aliphatic heterocycles. The van der Waals surface area contributed by atoms with Crippen LogP contribution in [0.5, 0.6) is 0 Å². The first-order valence-corrected chi connectivity index (χ1v) is 11.5. The molecule has 8 heteroatoms. The van der Waals surface area contributed by atoms with E-state index >= 15 is 0 Å². The molecule has 1 heterocycles. The molecule has 4 rings (SSSR count). The van der Waals surface area contributed by atoms with E-state index in [4.69, 9.17) is 11.6 Å². The largest absolute Gasteiger partial charge is 0.341 e. The highest BCUT2D eigenvalue weighted by molar-refractivity contribution is 7.99. The molecule has 0 aliphatic carbocycles. The maximum atomic E-state index is 14.1. The van der Waals surface area contributed by atoms with Crippen molar-refractivity contribution in [2.45, 2.75) is 25.2 Å². The van der Waals surface area contributed by atoms with Gasteiger partial charge >= 0.3 is 0 Å². The number of halogens is 2. The number of hydrogen-bond donors (Lipinski definition) is 0. The van der Waals surface area contributed by atoms with Gasteiger partial charge in [0, 0.05) is 30.7 Å². The lowest BCUT2D eigenvalue weighted by atomic mass is 10.1. The smallest absolute Gasteiger partial charge is 0.262 e. The maximum Gasteiger partial charge on any atom is 0.262 e. The van der Waals surface area contributed by atoms with E-state index in [-0.39, 0.29) is 34.4 Å². The second-order valence-corrected chi connectivity index (χ2v) is 8.75. The van der Waals surface area contributed by atoms with Crippen molar-refractivity contribution >= 4 is 50.9 Å². The molecular formula is C24H21ClFN3O2S. The third-order valence-electron chi connectivity index (χ3n) is 5.31. The zero-order valence-electron chi connectivity index (χ0n) is 17.6. The van der Waals surface area contributed by atoms with Crippen molar-refractivity contribution in [3.8, 4) is 0 Å². The standard InChI is InChI=1S/C24H21ClFN3O2S/c1-3-29-23(31)17-11-15-7-4-5-8-16(15)12-21(17)27-24(29)32-14-22(30)28(2)13-18-19(25)9-6-10-20(18)26/h4-12H,3,13-14H2,1-2H3. The predicted molar refractivity (Wildman–Crippen MR) is 128 cm³/mol. The molecule has 0 unspecified atom stereocenters. The molecule has 164 valence electrons. The van der Waals surface area contributed by atoms with Crippen LogP contribution < -0.4 is 5.56 Å². The Kier molecular flexibility index (Phi) is 6.48. The van der Waals surface area contributed by atoms with E-state index in [1.54, 1.807) is 17.7 Å².